The van der Waals surface area contributed by atoms with Gasteiger partial charge < -0.3 is 15.4 Å². The lowest BCUT2D eigenvalue weighted by molar-refractivity contribution is 0.0501. The van der Waals surface area contributed by atoms with Gasteiger partial charge in [0.05, 0.1) is 6.10 Å². The molecule has 0 aromatic heterocycles. The molecule has 2 fully saturated rings. The predicted molar refractivity (Wildman–Crippen MR) is 103 cm³/mol. The molecule has 1 aliphatic carbocycles. The quantitative estimate of drug-likeness (QED) is 0.825. The third-order valence-electron chi connectivity index (χ3n) is 6.22. The van der Waals surface area contributed by atoms with Gasteiger partial charge in [-0.25, -0.2) is 0 Å². The van der Waals surface area contributed by atoms with E-state index in [1.165, 1.54) is 11.1 Å². The number of carbonyl (C=O) groups excluding carboxylic acids is 1. The van der Waals surface area contributed by atoms with Crippen molar-refractivity contribution in [1.29, 1.82) is 0 Å². The lowest BCUT2D eigenvalue weighted by atomic mass is 9.77. The van der Waals surface area contributed by atoms with Crippen molar-refractivity contribution in [2.45, 2.75) is 43.4 Å². The number of fused-ring (bicyclic) bond motifs is 1. The van der Waals surface area contributed by atoms with Crippen LogP contribution in [0.1, 0.15) is 47.6 Å². The minimum Gasteiger partial charge on any atom is -0.381 e. The van der Waals surface area contributed by atoms with Gasteiger partial charge in [0, 0.05) is 30.9 Å². The Labute approximate surface area is 153 Å². The van der Waals surface area contributed by atoms with E-state index in [1.54, 1.807) is 7.11 Å². The van der Waals surface area contributed by atoms with Gasteiger partial charge in [-0.15, -0.1) is 0 Å². The summed E-state index contributed by atoms with van der Waals surface area (Å²) in [5, 5.41) is 6.90. The minimum atomic E-state index is -0.421. The Balaban J connectivity index is 1.45. The second-order valence-corrected chi connectivity index (χ2v) is 7.82. The van der Waals surface area contributed by atoms with Crippen LogP contribution in [0.15, 0.2) is 42.5 Å². The van der Waals surface area contributed by atoms with E-state index in [0.717, 1.165) is 49.0 Å². The van der Waals surface area contributed by atoms with Crippen LogP contribution in [-0.4, -0.2) is 31.1 Å². The van der Waals surface area contributed by atoms with E-state index in [0.29, 0.717) is 6.04 Å². The molecule has 1 spiro atoms. The van der Waals surface area contributed by atoms with Crippen molar-refractivity contribution >= 4 is 11.5 Å². The van der Waals surface area contributed by atoms with E-state index in [2.05, 4.69) is 53.1 Å². The standard InChI is InChI=1S/C22H24N2O2/c1-26-17-7-9-22(10-8-17)21(25)18-12-15(5-6-19(18)24-22)14-3-2-4-16(11-14)20-13-23-20/h2-6,11-12,17,20,23-24H,7-10,13H2,1H3. The maximum absolute atomic E-state index is 13.2. The van der Waals surface area contributed by atoms with Gasteiger partial charge in [0.1, 0.15) is 5.54 Å². The molecule has 2 N–H and O–H groups in total. The van der Waals surface area contributed by atoms with Crippen LogP contribution in [0.25, 0.3) is 11.1 Å². The molecule has 2 aliphatic heterocycles. The summed E-state index contributed by atoms with van der Waals surface area (Å²) in [7, 11) is 1.76. The zero-order chi connectivity index (χ0) is 17.7. The SMILES string of the molecule is COC1CCC2(CC1)Nc1ccc(-c3cccc(C4CN4)c3)cc1C2=O. The average molecular weight is 348 g/mol. The summed E-state index contributed by atoms with van der Waals surface area (Å²) in [5.41, 5.74) is 5.01. The largest absolute Gasteiger partial charge is 0.381 e. The molecule has 0 radical (unpaired) electrons. The molecule has 2 aromatic rings. The number of carbonyl (C=O) groups is 1. The number of rotatable bonds is 3. The van der Waals surface area contributed by atoms with E-state index in [1.807, 2.05) is 0 Å². The molecule has 26 heavy (non-hydrogen) atoms. The van der Waals surface area contributed by atoms with Crippen molar-refractivity contribution in [3.8, 4) is 11.1 Å². The highest BCUT2D eigenvalue weighted by Crippen LogP contribution is 2.43. The molecule has 3 aliphatic rings. The van der Waals surface area contributed by atoms with Crippen molar-refractivity contribution in [3.63, 3.8) is 0 Å². The Morgan fingerprint density at radius 2 is 1.85 bits per heavy atom. The monoisotopic (exact) mass is 348 g/mol. The first kappa shape index (κ1) is 16.0. The Kier molecular flexibility index (Phi) is 3.66. The highest BCUT2D eigenvalue weighted by Gasteiger charge is 2.47. The van der Waals surface area contributed by atoms with Crippen LogP contribution in [-0.2, 0) is 4.74 Å². The molecule has 1 saturated heterocycles. The average Bonchev–Trinajstić information content (AvgIpc) is 3.50. The molecule has 2 aromatic carbocycles. The van der Waals surface area contributed by atoms with Crippen LogP contribution < -0.4 is 10.6 Å². The molecule has 1 saturated carbocycles. The van der Waals surface area contributed by atoms with Crippen LogP contribution in [0.3, 0.4) is 0 Å². The molecule has 4 nitrogen and oxygen atoms in total. The number of hydrogen-bond donors (Lipinski definition) is 2. The number of ether oxygens (including phenoxy) is 1. The highest BCUT2D eigenvalue weighted by molar-refractivity contribution is 6.14. The smallest absolute Gasteiger partial charge is 0.190 e. The molecule has 1 atom stereocenters. The lowest BCUT2D eigenvalue weighted by Gasteiger charge is -2.35. The Morgan fingerprint density at radius 1 is 1.08 bits per heavy atom. The van der Waals surface area contributed by atoms with Crippen molar-refractivity contribution < 1.29 is 9.53 Å². The predicted octanol–water partition coefficient (Wildman–Crippen LogP) is 3.93. The van der Waals surface area contributed by atoms with E-state index >= 15 is 0 Å². The number of hydrogen-bond acceptors (Lipinski definition) is 4. The van der Waals surface area contributed by atoms with Gasteiger partial charge in [-0.2, -0.15) is 0 Å². The number of anilines is 1. The van der Waals surface area contributed by atoms with Gasteiger partial charge in [0.25, 0.3) is 0 Å². The van der Waals surface area contributed by atoms with Gasteiger partial charge in [-0.1, -0.05) is 24.3 Å². The van der Waals surface area contributed by atoms with E-state index in [-0.39, 0.29) is 11.9 Å². The third-order valence-corrected chi connectivity index (χ3v) is 6.22. The van der Waals surface area contributed by atoms with Gasteiger partial charge in [0.15, 0.2) is 5.78 Å². The molecule has 1 unspecified atom stereocenters. The summed E-state index contributed by atoms with van der Waals surface area (Å²) < 4.78 is 5.47. The number of methoxy groups -OCH3 is 1. The van der Waals surface area contributed by atoms with Crippen LogP contribution in [0.2, 0.25) is 0 Å². The Morgan fingerprint density at radius 3 is 2.58 bits per heavy atom. The maximum Gasteiger partial charge on any atom is 0.190 e. The summed E-state index contributed by atoms with van der Waals surface area (Å²) in [4.78, 5) is 13.2. The maximum atomic E-state index is 13.2. The number of nitrogens with one attached hydrogen (secondary N) is 2. The molecule has 0 amide bonds. The molecule has 4 heteroatoms. The summed E-state index contributed by atoms with van der Waals surface area (Å²) in [5.74, 6) is 0.254. The van der Waals surface area contributed by atoms with Crippen molar-refractivity contribution in [3.05, 3.63) is 53.6 Å². The zero-order valence-corrected chi connectivity index (χ0v) is 15.0. The fourth-order valence-electron chi connectivity index (χ4n) is 4.49. The Bertz CT molecular complexity index is 864. The highest BCUT2D eigenvalue weighted by atomic mass is 16.5. The van der Waals surface area contributed by atoms with Crippen LogP contribution in [0.4, 0.5) is 5.69 Å². The summed E-state index contributed by atoms with van der Waals surface area (Å²) in [6, 6.07) is 15.4. The number of Topliss-reactive ketones (excluding diaryl/α,β-unsaturated/α-hetero) is 1. The van der Waals surface area contributed by atoms with Gasteiger partial charge in [-0.3, -0.25) is 4.79 Å². The fraction of sp³-hybridized carbons (Fsp3) is 0.409. The first-order chi connectivity index (χ1) is 12.7. The molecular weight excluding hydrogens is 324 g/mol. The van der Waals surface area contributed by atoms with E-state index in [9.17, 15) is 4.79 Å². The summed E-state index contributed by atoms with van der Waals surface area (Å²) in [6.07, 6.45) is 3.85. The van der Waals surface area contributed by atoms with Crippen molar-refractivity contribution in [2.24, 2.45) is 0 Å². The molecule has 0 bridgehead atoms. The molecule has 2 heterocycles. The zero-order valence-electron chi connectivity index (χ0n) is 15.0. The lowest BCUT2D eigenvalue weighted by Crippen LogP contribution is -2.46. The van der Waals surface area contributed by atoms with Crippen molar-refractivity contribution in [1.82, 2.24) is 5.32 Å². The third kappa shape index (κ3) is 2.56. The van der Waals surface area contributed by atoms with E-state index < -0.39 is 5.54 Å². The van der Waals surface area contributed by atoms with Crippen LogP contribution in [0.5, 0.6) is 0 Å². The molecular formula is C22H24N2O2. The van der Waals surface area contributed by atoms with E-state index in [4.69, 9.17) is 4.74 Å². The molecule has 134 valence electrons. The molecule has 5 rings (SSSR count). The van der Waals surface area contributed by atoms with Gasteiger partial charge in [-0.05, 0) is 60.6 Å². The Hall–Kier alpha value is -2.17. The van der Waals surface area contributed by atoms with Crippen LogP contribution in [0, 0.1) is 0 Å². The first-order valence-corrected chi connectivity index (χ1v) is 9.52. The van der Waals surface area contributed by atoms with Crippen molar-refractivity contribution in [2.75, 3.05) is 19.0 Å². The topological polar surface area (TPSA) is 60.3 Å². The fourth-order valence-corrected chi connectivity index (χ4v) is 4.49. The number of ketones is 1. The first-order valence-electron chi connectivity index (χ1n) is 9.52. The van der Waals surface area contributed by atoms with Gasteiger partial charge >= 0.3 is 0 Å². The summed E-state index contributed by atoms with van der Waals surface area (Å²) >= 11 is 0. The normalized spacial score (nSPS) is 29.5. The van der Waals surface area contributed by atoms with Crippen LogP contribution >= 0.6 is 0 Å². The second kappa shape index (κ2) is 5.93. The number of benzene rings is 2. The minimum absolute atomic E-state index is 0.254. The van der Waals surface area contributed by atoms with Gasteiger partial charge in [0.2, 0.25) is 0 Å². The summed E-state index contributed by atoms with van der Waals surface area (Å²) in [6.45, 7) is 1.06. The second-order valence-electron chi connectivity index (χ2n) is 7.82.